The van der Waals surface area contributed by atoms with E-state index in [1.54, 1.807) is 30.2 Å². The van der Waals surface area contributed by atoms with Crippen molar-refractivity contribution in [2.45, 2.75) is 25.9 Å². The van der Waals surface area contributed by atoms with Gasteiger partial charge in [-0.2, -0.15) is 18.3 Å². The van der Waals surface area contributed by atoms with Crippen LogP contribution in [0.5, 0.6) is 0 Å². The molecule has 7 nitrogen and oxygen atoms in total. The van der Waals surface area contributed by atoms with E-state index >= 15 is 0 Å². The zero-order valence-electron chi connectivity index (χ0n) is 17.3. The topological polar surface area (TPSA) is 76.4 Å². The molecule has 172 valence electrons. The summed E-state index contributed by atoms with van der Waals surface area (Å²) in [6.45, 7) is -0.213. The number of guanidine groups is 1. The number of alkyl halides is 3. The average Bonchev–Trinajstić information content (AvgIpc) is 3.29. The molecule has 0 atom stereocenters. The van der Waals surface area contributed by atoms with Crippen molar-refractivity contribution in [2.24, 2.45) is 4.99 Å². The Kier molecular flexibility index (Phi) is 9.91. The maximum Gasteiger partial charge on any atom is 0.411 e. The third kappa shape index (κ3) is 8.46. The highest BCUT2D eigenvalue weighted by Gasteiger charge is 2.27. The second-order valence-electron chi connectivity index (χ2n) is 6.71. The second-order valence-corrected chi connectivity index (χ2v) is 6.71. The summed E-state index contributed by atoms with van der Waals surface area (Å²) in [7, 11) is 1.68. The fourth-order valence-corrected chi connectivity index (χ4v) is 2.74. The van der Waals surface area contributed by atoms with E-state index < -0.39 is 12.8 Å². The largest absolute Gasteiger partial charge is 0.411 e. The normalized spacial score (nSPS) is 11.7. The summed E-state index contributed by atoms with van der Waals surface area (Å²) in [5, 5.41) is 10.5. The van der Waals surface area contributed by atoms with Gasteiger partial charge >= 0.3 is 6.18 Å². The first-order valence-electron chi connectivity index (χ1n) is 9.54. The van der Waals surface area contributed by atoms with E-state index in [4.69, 9.17) is 0 Å². The minimum Gasteiger partial charge on any atom is -0.367 e. The number of hydrogen-bond donors (Lipinski definition) is 2. The van der Waals surface area contributed by atoms with E-state index in [0.717, 1.165) is 16.8 Å². The SMILES string of the molecule is CN=C(NCc1ccc(COCC(F)(F)F)cc1)NCc1ccc(-n2cncn2)cc1.I. The highest BCUT2D eigenvalue weighted by atomic mass is 127. The number of hydrogen-bond acceptors (Lipinski definition) is 4. The maximum atomic E-state index is 12.1. The highest BCUT2D eigenvalue weighted by molar-refractivity contribution is 14.0. The molecule has 0 aliphatic heterocycles. The Bertz CT molecular complexity index is 961. The summed E-state index contributed by atoms with van der Waals surface area (Å²) in [4.78, 5) is 8.13. The van der Waals surface area contributed by atoms with Gasteiger partial charge in [0.2, 0.25) is 0 Å². The first kappa shape index (κ1) is 25.6. The van der Waals surface area contributed by atoms with Gasteiger partial charge < -0.3 is 15.4 Å². The highest BCUT2D eigenvalue weighted by Crippen LogP contribution is 2.16. The number of aromatic nitrogens is 3. The van der Waals surface area contributed by atoms with Crippen molar-refractivity contribution in [3.8, 4) is 5.69 Å². The molecule has 0 unspecified atom stereocenters. The molecule has 3 aromatic rings. The third-order valence-corrected chi connectivity index (χ3v) is 4.32. The van der Waals surface area contributed by atoms with Crippen LogP contribution < -0.4 is 10.6 Å². The summed E-state index contributed by atoms with van der Waals surface area (Å²) < 4.78 is 42.7. The van der Waals surface area contributed by atoms with E-state index in [0.29, 0.717) is 24.6 Å². The Morgan fingerprint density at radius 1 is 0.969 bits per heavy atom. The van der Waals surface area contributed by atoms with Crippen molar-refractivity contribution >= 4 is 29.9 Å². The molecule has 0 aliphatic carbocycles. The number of ether oxygens (including phenoxy) is 1. The van der Waals surface area contributed by atoms with Crippen molar-refractivity contribution in [2.75, 3.05) is 13.7 Å². The smallest absolute Gasteiger partial charge is 0.367 e. The molecule has 0 fully saturated rings. The molecule has 0 amide bonds. The van der Waals surface area contributed by atoms with Gasteiger partial charge in [-0.05, 0) is 28.8 Å². The van der Waals surface area contributed by atoms with Crippen LogP contribution in [0.4, 0.5) is 13.2 Å². The minimum absolute atomic E-state index is 0. The van der Waals surface area contributed by atoms with Crippen molar-refractivity contribution in [3.05, 3.63) is 77.9 Å². The van der Waals surface area contributed by atoms with Gasteiger partial charge in [-0.3, -0.25) is 4.99 Å². The van der Waals surface area contributed by atoms with E-state index in [2.05, 4.69) is 30.4 Å². The first-order valence-corrected chi connectivity index (χ1v) is 9.54. The number of nitrogens with one attached hydrogen (secondary N) is 2. The van der Waals surface area contributed by atoms with E-state index in [9.17, 15) is 13.2 Å². The van der Waals surface area contributed by atoms with Crippen LogP contribution in [0.15, 0.2) is 66.2 Å². The summed E-state index contributed by atoms with van der Waals surface area (Å²) in [6.07, 6.45) is -1.19. The average molecular weight is 560 g/mol. The molecular weight excluding hydrogens is 536 g/mol. The van der Waals surface area contributed by atoms with Gasteiger partial charge in [0.15, 0.2) is 5.96 Å². The van der Waals surface area contributed by atoms with Crippen LogP contribution in [0.2, 0.25) is 0 Å². The van der Waals surface area contributed by atoms with Crippen LogP contribution in [0.3, 0.4) is 0 Å². The van der Waals surface area contributed by atoms with Crippen LogP contribution in [0.1, 0.15) is 16.7 Å². The van der Waals surface area contributed by atoms with Gasteiger partial charge in [-0.1, -0.05) is 36.4 Å². The van der Waals surface area contributed by atoms with Gasteiger partial charge in [-0.25, -0.2) is 9.67 Å². The fraction of sp³-hybridized carbons (Fsp3) is 0.286. The van der Waals surface area contributed by atoms with Crippen molar-refractivity contribution in [1.82, 2.24) is 25.4 Å². The third-order valence-electron chi connectivity index (χ3n) is 4.32. The van der Waals surface area contributed by atoms with E-state index in [-0.39, 0.29) is 30.6 Å². The van der Waals surface area contributed by atoms with Gasteiger partial charge in [0, 0.05) is 20.1 Å². The quantitative estimate of drug-likeness (QED) is 0.249. The first-order chi connectivity index (χ1) is 14.9. The molecule has 0 saturated carbocycles. The molecule has 0 saturated heterocycles. The molecular formula is C21H24F3IN6O. The molecule has 11 heteroatoms. The lowest BCUT2D eigenvalue weighted by molar-refractivity contribution is -0.176. The van der Waals surface area contributed by atoms with Crippen LogP contribution in [-0.4, -0.2) is 40.6 Å². The van der Waals surface area contributed by atoms with Crippen molar-refractivity contribution < 1.29 is 17.9 Å². The predicted octanol–water partition coefficient (Wildman–Crippen LogP) is 3.83. The Hall–Kier alpha value is -2.67. The Labute approximate surface area is 201 Å². The molecule has 1 aromatic heterocycles. The van der Waals surface area contributed by atoms with E-state index in [1.165, 1.54) is 6.33 Å². The van der Waals surface area contributed by atoms with Gasteiger partial charge in [0.05, 0.1) is 12.3 Å². The summed E-state index contributed by atoms with van der Waals surface area (Å²) in [5.74, 6) is 0.637. The van der Waals surface area contributed by atoms with Crippen LogP contribution in [-0.2, 0) is 24.4 Å². The summed E-state index contributed by atoms with van der Waals surface area (Å²) in [5.41, 5.74) is 3.66. The van der Waals surface area contributed by atoms with Crippen LogP contribution in [0, 0.1) is 0 Å². The lowest BCUT2D eigenvalue weighted by Crippen LogP contribution is -2.36. The molecule has 1 heterocycles. The lowest BCUT2D eigenvalue weighted by atomic mass is 10.1. The van der Waals surface area contributed by atoms with Gasteiger partial charge in [0.1, 0.15) is 19.3 Å². The van der Waals surface area contributed by atoms with Crippen molar-refractivity contribution in [3.63, 3.8) is 0 Å². The molecule has 2 N–H and O–H groups in total. The van der Waals surface area contributed by atoms with Crippen LogP contribution in [0.25, 0.3) is 5.69 Å². The Morgan fingerprint density at radius 3 is 2.03 bits per heavy atom. The molecule has 0 aliphatic rings. The van der Waals surface area contributed by atoms with Gasteiger partial charge in [-0.15, -0.1) is 24.0 Å². The zero-order chi connectivity index (χ0) is 22.1. The second kappa shape index (κ2) is 12.4. The minimum atomic E-state index is -4.31. The standard InChI is InChI=1S/C21H23F3N6O.HI/c1-25-20(28-11-17-6-8-19(9-7-17)30-15-26-14-29-30)27-10-16-2-4-18(5-3-16)12-31-13-21(22,23)24;/h2-9,14-15H,10-13H2,1H3,(H2,25,27,28);1H. The number of benzene rings is 2. The van der Waals surface area contributed by atoms with Crippen molar-refractivity contribution in [1.29, 1.82) is 0 Å². The predicted molar refractivity (Wildman–Crippen MR) is 126 cm³/mol. The summed E-state index contributed by atoms with van der Waals surface area (Å²) in [6, 6.07) is 15.1. The van der Waals surface area contributed by atoms with Gasteiger partial charge in [0.25, 0.3) is 0 Å². The Balaban J connectivity index is 0.00000363. The molecule has 3 rings (SSSR count). The fourth-order valence-electron chi connectivity index (χ4n) is 2.74. The zero-order valence-corrected chi connectivity index (χ0v) is 19.7. The monoisotopic (exact) mass is 560 g/mol. The number of rotatable bonds is 8. The molecule has 2 aromatic carbocycles. The Morgan fingerprint density at radius 2 is 1.53 bits per heavy atom. The lowest BCUT2D eigenvalue weighted by Gasteiger charge is -2.13. The van der Waals surface area contributed by atoms with Crippen LogP contribution >= 0.6 is 24.0 Å². The molecule has 0 spiro atoms. The number of aliphatic imine (C=N–C) groups is 1. The molecule has 0 bridgehead atoms. The number of halogens is 4. The maximum absolute atomic E-state index is 12.1. The number of nitrogens with zero attached hydrogens (tertiary/aromatic N) is 4. The summed E-state index contributed by atoms with van der Waals surface area (Å²) >= 11 is 0. The molecule has 0 radical (unpaired) electrons. The molecule has 32 heavy (non-hydrogen) atoms. The van der Waals surface area contributed by atoms with E-state index in [1.807, 2.05) is 36.4 Å².